The number of rotatable bonds is 20. The van der Waals surface area contributed by atoms with Crippen LogP contribution in [0, 0.1) is 41.5 Å². The fourth-order valence-corrected chi connectivity index (χ4v) is 14.7. The van der Waals surface area contributed by atoms with Crippen LogP contribution >= 0.6 is 0 Å². The van der Waals surface area contributed by atoms with E-state index in [1.807, 2.05) is 24.3 Å². The van der Waals surface area contributed by atoms with Crippen molar-refractivity contribution in [3.05, 3.63) is 487 Å². The zero-order valence-corrected chi connectivity index (χ0v) is 64.3. The molecule has 0 atom stereocenters. The van der Waals surface area contributed by atoms with Gasteiger partial charge in [0, 0.05) is 33.5 Å². The second-order valence-corrected chi connectivity index (χ2v) is 29.1. The molecule has 2 N–H and O–H groups in total. The van der Waals surface area contributed by atoms with Crippen LogP contribution in [0.3, 0.4) is 0 Å². The van der Waals surface area contributed by atoms with Crippen molar-refractivity contribution in [2.75, 3.05) is 9.80 Å². The van der Waals surface area contributed by atoms with Gasteiger partial charge in [-0.3, -0.25) is 0 Å². The maximum Gasteiger partial charge on any atom is 0.0681 e. The smallest absolute Gasteiger partial charge is 0.0681 e. The van der Waals surface area contributed by atoms with E-state index in [9.17, 15) is 10.2 Å². The number of aryl methyl sites for hydroxylation is 6. The molecule has 16 rings (SSSR count). The molecule has 4 nitrogen and oxygen atoms in total. The third kappa shape index (κ3) is 17.2. The Bertz CT molecular complexity index is 5840. The van der Waals surface area contributed by atoms with Crippen LogP contribution in [-0.2, 0) is 13.2 Å². The van der Waals surface area contributed by atoms with E-state index in [4.69, 9.17) is 0 Å². The molecule has 0 saturated carbocycles. The molecule has 16 aromatic rings. The van der Waals surface area contributed by atoms with E-state index in [0.29, 0.717) is 0 Å². The van der Waals surface area contributed by atoms with Crippen molar-refractivity contribution in [2.45, 2.75) is 54.8 Å². The first-order chi connectivity index (χ1) is 54.9. The number of fused-ring (bicyclic) bond motifs is 2. The molecule has 544 valence electrons. The van der Waals surface area contributed by atoms with E-state index < -0.39 is 0 Å². The Morgan fingerprint density at radius 3 is 0.696 bits per heavy atom. The molecule has 0 bridgehead atoms. The van der Waals surface area contributed by atoms with Crippen LogP contribution in [0.4, 0.5) is 34.1 Å². The van der Waals surface area contributed by atoms with Crippen LogP contribution in [0.5, 0.6) is 0 Å². The van der Waals surface area contributed by atoms with Gasteiger partial charge in [-0.15, -0.1) is 0 Å². The Hall–Kier alpha value is -13.5. The van der Waals surface area contributed by atoms with E-state index in [1.54, 1.807) is 0 Å². The molecule has 4 heteroatoms. The van der Waals surface area contributed by atoms with Gasteiger partial charge in [-0.05, 0) is 237 Å². The lowest BCUT2D eigenvalue weighted by atomic mass is 9.92. The number of nitrogens with zero attached hydrogens (tertiary/aromatic N) is 2. The van der Waals surface area contributed by atoms with Crippen molar-refractivity contribution in [2.24, 2.45) is 0 Å². The molecular formula is C108H90N2O2. The highest BCUT2D eigenvalue weighted by Crippen LogP contribution is 2.45. The van der Waals surface area contributed by atoms with E-state index in [-0.39, 0.29) is 13.2 Å². The van der Waals surface area contributed by atoms with Gasteiger partial charge in [0.1, 0.15) is 0 Å². The average molecular weight is 1450 g/mol. The maximum absolute atomic E-state index is 9.91. The summed E-state index contributed by atoms with van der Waals surface area (Å²) >= 11 is 0. The number of aliphatic hydroxyl groups is 2. The number of benzene rings is 16. The van der Waals surface area contributed by atoms with Gasteiger partial charge in [-0.1, -0.05) is 349 Å². The molecule has 0 aliphatic carbocycles. The number of hydrogen-bond donors (Lipinski definition) is 2. The van der Waals surface area contributed by atoms with E-state index in [0.717, 1.165) is 78.3 Å². The zero-order valence-electron chi connectivity index (χ0n) is 64.3. The van der Waals surface area contributed by atoms with E-state index in [2.05, 4.69) is 427 Å². The summed E-state index contributed by atoms with van der Waals surface area (Å²) in [5, 5.41) is 24.4. The third-order valence-electron chi connectivity index (χ3n) is 21.0. The van der Waals surface area contributed by atoms with E-state index >= 15 is 0 Å². The van der Waals surface area contributed by atoms with Gasteiger partial charge >= 0.3 is 0 Å². The lowest BCUT2D eigenvalue weighted by Crippen LogP contribution is -2.11. The molecule has 0 radical (unpaired) electrons. The van der Waals surface area contributed by atoms with Gasteiger partial charge in [-0.25, -0.2) is 0 Å². The predicted molar refractivity (Wildman–Crippen MR) is 477 cm³/mol. The van der Waals surface area contributed by atoms with Crippen LogP contribution in [-0.4, -0.2) is 10.2 Å². The van der Waals surface area contributed by atoms with Gasteiger partial charge in [-0.2, -0.15) is 0 Å². The minimum atomic E-state index is -0.000127. The molecule has 16 aromatic carbocycles. The van der Waals surface area contributed by atoms with Gasteiger partial charge in [0.15, 0.2) is 0 Å². The molecule has 0 spiro atoms. The minimum absolute atomic E-state index is 0.000127. The largest absolute Gasteiger partial charge is 0.392 e. The van der Waals surface area contributed by atoms with Crippen LogP contribution in [0.1, 0.15) is 111 Å². The van der Waals surface area contributed by atoms with Crippen molar-refractivity contribution >= 4 is 102 Å². The van der Waals surface area contributed by atoms with Gasteiger partial charge in [0.05, 0.1) is 24.6 Å². The van der Waals surface area contributed by atoms with Gasteiger partial charge in [0.25, 0.3) is 0 Å². The van der Waals surface area contributed by atoms with Crippen molar-refractivity contribution in [1.82, 2.24) is 0 Å². The molecule has 0 aliphatic rings. The first kappa shape index (κ1) is 74.0. The molecule has 0 saturated heterocycles. The van der Waals surface area contributed by atoms with Crippen LogP contribution in [0.25, 0.3) is 68.1 Å². The predicted octanol–water partition coefficient (Wildman–Crippen LogP) is 27.8. The second kappa shape index (κ2) is 34.4. The molecule has 112 heavy (non-hydrogen) atoms. The Kier molecular flexibility index (Phi) is 22.7. The first-order valence-electron chi connectivity index (χ1n) is 38.5. The molecule has 0 aromatic heterocycles. The Morgan fingerprint density at radius 1 is 0.214 bits per heavy atom. The van der Waals surface area contributed by atoms with Crippen LogP contribution < -0.4 is 9.80 Å². The van der Waals surface area contributed by atoms with Crippen molar-refractivity contribution in [3.63, 3.8) is 0 Å². The molecule has 0 fully saturated rings. The van der Waals surface area contributed by atoms with Crippen molar-refractivity contribution < 1.29 is 10.2 Å². The molecular weight excluding hydrogens is 1360 g/mol. The summed E-state index contributed by atoms with van der Waals surface area (Å²) in [6.45, 7) is 12.8. The summed E-state index contributed by atoms with van der Waals surface area (Å²) in [6, 6.07) is 134. The lowest BCUT2D eigenvalue weighted by molar-refractivity contribution is 0.281. The Balaban J connectivity index is 0.000000177. The van der Waals surface area contributed by atoms with E-state index in [1.165, 1.54) is 111 Å². The quantitative estimate of drug-likeness (QED) is 0.0747. The highest BCUT2D eigenvalue weighted by molar-refractivity contribution is 6.08. The molecule has 0 unspecified atom stereocenters. The Labute approximate surface area is 660 Å². The highest BCUT2D eigenvalue weighted by Gasteiger charge is 2.21. The monoisotopic (exact) mass is 1450 g/mol. The third-order valence-corrected chi connectivity index (χ3v) is 21.0. The summed E-state index contributed by atoms with van der Waals surface area (Å²) < 4.78 is 0. The second-order valence-electron chi connectivity index (χ2n) is 29.1. The fourth-order valence-electron chi connectivity index (χ4n) is 14.7. The average Bonchev–Trinajstić information content (AvgIpc) is 0.766. The fraction of sp³-hybridized carbons (Fsp3) is 0.0741. The van der Waals surface area contributed by atoms with Crippen molar-refractivity contribution in [1.29, 1.82) is 0 Å². The number of aliphatic hydroxyl groups excluding tert-OH is 2. The summed E-state index contributed by atoms with van der Waals surface area (Å²) in [7, 11) is 0. The highest BCUT2D eigenvalue weighted by atomic mass is 16.3. The van der Waals surface area contributed by atoms with Crippen LogP contribution in [0.15, 0.2) is 376 Å². The molecule has 0 heterocycles. The normalized spacial score (nSPS) is 10.9. The molecule has 0 aliphatic heterocycles. The maximum atomic E-state index is 9.91. The minimum Gasteiger partial charge on any atom is -0.392 e. The summed E-state index contributed by atoms with van der Waals surface area (Å²) in [5.74, 6) is 0. The number of hydrogen-bond acceptors (Lipinski definition) is 4. The van der Waals surface area contributed by atoms with Crippen LogP contribution in [0.2, 0.25) is 0 Å². The summed E-state index contributed by atoms with van der Waals surface area (Å²) in [6.07, 6.45) is 9.23. The molecule has 0 amide bonds. The standard InChI is InChI=1S/C55H47NO.C53H43NO/c1-38-9-21-44(22-10-38)53(45-23-11-39(2)12-24-45)35-42-17-30-49(31-18-42)56(50-32-19-43(37-57)20-33-50)55-34-29-48(51-7-5-6-8-52(51)55)36-54(46-25-13-40(3)14-26-46)47-27-15-41(4)16-28-47;1-38-17-25-44(26-18-38)51(45-27-19-39(2)20-28-45)35-40-21-30-47(31-22-40)54(48-32-23-41(37-55)24-33-48)53-34-29-46(49-15-9-10-16-50(49)53)36-52(42-11-5-3-6-12-42)43-13-7-4-8-14-43/h5-36,57H,37H2,1-4H3;3-36,55H,37H2,1-2H3. The zero-order chi connectivity index (χ0) is 76.9. The lowest BCUT2D eigenvalue weighted by Gasteiger charge is -2.27. The topological polar surface area (TPSA) is 46.9 Å². The Morgan fingerprint density at radius 2 is 0.438 bits per heavy atom. The SMILES string of the molecule is Cc1ccc(C(=Cc2ccc(N(c3ccc(CO)cc3)c3ccc(C=C(c4ccc(C)cc4)c4ccc(C)cc4)c4ccccc34)cc2)c2ccc(C)cc2)cc1.Cc1ccc(C(=Cc2ccc(N(c3ccc(CO)cc3)c3ccc(C=C(c4ccccc4)c4ccccc4)c4ccccc34)cc2)c2ccc(C)cc2)cc1. The first-order valence-corrected chi connectivity index (χ1v) is 38.5. The van der Waals surface area contributed by atoms with Gasteiger partial charge in [0.2, 0.25) is 0 Å². The summed E-state index contributed by atoms with van der Waals surface area (Å²) in [5.41, 5.74) is 34.2. The van der Waals surface area contributed by atoms with Crippen molar-refractivity contribution in [3.8, 4) is 0 Å². The summed E-state index contributed by atoms with van der Waals surface area (Å²) in [4.78, 5) is 4.65. The number of anilines is 6. The van der Waals surface area contributed by atoms with Gasteiger partial charge < -0.3 is 20.0 Å².